The van der Waals surface area contributed by atoms with Crippen LogP contribution in [0.4, 0.5) is 11.4 Å². The molecule has 0 saturated heterocycles. The van der Waals surface area contributed by atoms with Crippen LogP contribution in [0.15, 0.2) is 12.1 Å². The maximum atomic E-state index is 11.7. The van der Waals surface area contributed by atoms with Gasteiger partial charge in [-0.2, -0.15) is 0 Å². The van der Waals surface area contributed by atoms with Gasteiger partial charge in [-0.1, -0.05) is 23.2 Å². The fraction of sp³-hybridized carbons (Fsp3) is 0.500. The van der Waals surface area contributed by atoms with E-state index in [4.69, 9.17) is 38.4 Å². The molecule has 0 unspecified atom stereocenters. The molecule has 3 N–H and O–H groups in total. The molecule has 0 saturated carbocycles. The molecule has 0 atom stereocenters. The summed E-state index contributed by atoms with van der Waals surface area (Å²) in [6, 6.07) is 3.02. The third-order valence-electron chi connectivity index (χ3n) is 2.35. The van der Waals surface area contributed by atoms with Crippen molar-refractivity contribution >= 4 is 40.5 Å². The maximum Gasteiger partial charge on any atom is 0.250 e. The van der Waals surface area contributed by atoms with Gasteiger partial charge in [0.25, 0.3) is 0 Å². The summed E-state index contributed by atoms with van der Waals surface area (Å²) in [5.74, 6) is -0.346. The molecule has 0 radical (unpaired) electrons. The van der Waals surface area contributed by atoms with Gasteiger partial charge >= 0.3 is 0 Å². The van der Waals surface area contributed by atoms with Crippen LogP contribution in [-0.2, 0) is 14.3 Å². The van der Waals surface area contributed by atoms with Crippen LogP contribution in [0.1, 0.15) is 20.8 Å². The van der Waals surface area contributed by atoms with E-state index < -0.39 is 0 Å². The van der Waals surface area contributed by atoms with Crippen LogP contribution in [0.25, 0.3) is 0 Å². The second kappa shape index (κ2) is 7.84. The fourth-order valence-electron chi connectivity index (χ4n) is 1.47. The van der Waals surface area contributed by atoms with E-state index in [2.05, 4.69) is 5.32 Å². The third kappa shape index (κ3) is 7.00. The van der Waals surface area contributed by atoms with Crippen molar-refractivity contribution in [3.05, 3.63) is 22.2 Å². The molecule has 0 aromatic heterocycles. The van der Waals surface area contributed by atoms with E-state index in [9.17, 15) is 4.79 Å². The van der Waals surface area contributed by atoms with E-state index in [0.717, 1.165) is 0 Å². The molecule has 21 heavy (non-hydrogen) atoms. The van der Waals surface area contributed by atoms with Crippen LogP contribution in [-0.4, -0.2) is 31.3 Å². The first-order valence-electron chi connectivity index (χ1n) is 6.45. The van der Waals surface area contributed by atoms with Crippen molar-refractivity contribution in [1.82, 2.24) is 0 Å². The molecule has 1 aromatic rings. The molecule has 5 nitrogen and oxygen atoms in total. The number of carbonyl (C=O) groups excluding carboxylic acids is 1. The van der Waals surface area contributed by atoms with Gasteiger partial charge in [-0.3, -0.25) is 4.79 Å². The Labute approximate surface area is 134 Å². The van der Waals surface area contributed by atoms with Crippen molar-refractivity contribution in [3.63, 3.8) is 0 Å². The Morgan fingerprint density at radius 2 is 1.95 bits per heavy atom. The number of anilines is 2. The first kappa shape index (κ1) is 18.0. The van der Waals surface area contributed by atoms with Crippen LogP contribution >= 0.6 is 23.2 Å². The number of nitrogens with one attached hydrogen (secondary N) is 1. The minimum Gasteiger partial charge on any atom is -0.397 e. The molecule has 1 amide bonds. The third-order valence-corrected chi connectivity index (χ3v) is 2.86. The number of halogens is 2. The van der Waals surface area contributed by atoms with Gasteiger partial charge in [-0.15, -0.1) is 0 Å². The second-order valence-corrected chi connectivity index (χ2v) is 6.26. The molecule has 118 valence electrons. The average Bonchev–Trinajstić information content (AvgIpc) is 2.32. The lowest BCUT2D eigenvalue weighted by atomic mass is 10.2. The van der Waals surface area contributed by atoms with Crippen molar-refractivity contribution < 1.29 is 14.3 Å². The quantitative estimate of drug-likeness (QED) is 0.618. The van der Waals surface area contributed by atoms with Gasteiger partial charge in [0, 0.05) is 5.02 Å². The molecule has 1 aromatic carbocycles. The number of nitrogens with two attached hydrogens (primary N) is 1. The zero-order valence-electron chi connectivity index (χ0n) is 12.3. The maximum absolute atomic E-state index is 11.7. The number of carbonyl (C=O) groups is 1. The van der Waals surface area contributed by atoms with E-state index in [1.165, 1.54) is 12.1 Å². The van der Waals surface area contributed by atoms with Crippen molar-refractivity contribution in [3.8, 4) is 0 Å². The Hall–Kier alpha value is -1.01. The molecule has 1 rings (SSSR count). The van der Waals surface area contributed by atoms with Gasteiger partial charge in [-0.05, 0) is 32.9 Å². The predicted octanol–water partition coefficient (Wildman–Crippen LogP) is 3.35. The van der Waals surface area contributed by atoms with E-state index in [1.54, 1.807) is 0 Å². The zero-order valence-corrected chi connectivity index (χ0v) is 13.8. The van der Waals surface area contributed by atoms with Crippen LogP contribution in [0, 0.1) is 0 Å². The number of amides is 1. The van der Waals surface area contributed by atoms with Crippen LogP contribution < -0.4 is 11.1 Å². The summed E-state index contributed by atoms with van der Waals surface area (Å²) in [7, 11) is 0. The number of hydrogen-bond acceptors (Lipinski definition) is 4. The first-order chi connectivity index (χ1) is 9.69. The minimum atomic E-state index is -0.346. The van der Waals surface area contributed by atoms with Crippen LogP contribution in [0.3, 0.4) is 0 Å². The molecule has 0 aliphatic carbocycles. The highest BCUT2D eigenvalue weighted by Gasteiger charge is 2.12. The number of nitrogen functional groups attached to an aromatic ring is 1. The Bertz CT molecular complexity index is 478. The lowest BCUT2D eigenvalue weighted by Crippen LogP contribution is -2.24. The molecule has 0 aliphatic heterocycles. The lowest BCUT2D eigenvalue weighted by molar-refractivity contribution is -0.121. The summed E-state index contributed by atoms with van der Waals surface area (Å²) in [5, 5.41) is 3.28. The van der Waals surface area contributed by atoms with Crippen molar-refractivity contribution in [1.29, 1.82) is 0 Å². The normalized spacial score (nSPS) is 11.5. The van der Waals surface area contributed by atoms with Gasteiger partial charge in [0.15, 0.2) is 0 Å². The number of ether oxygens (including phenoxy) is 2. The lowest BCUT2D eigenvalue weighted by Gasteiger charge is -2.19. The molecule has 0 spiro atoms. The average molecular weight is 335 g/mol. The summed E-state index contributed by atoms with van der Waals surface area (Å²) in [6.07, 6.45) is 0. The Morgan fingerprint density at radius 1 is 1.29 bits per heavy atom. The standard InChI is InChI=1S/C14H20Cl2N2O3/c1-14(2,3)21-5-4-20-8-12(19)18-13-10(16)6-9(15)7-11(13)17/h6-7H,4-5,8,17H2,1-3H3,(H,18,19). The van der Waals surface area contributed by atoms with Gasteiger partial charge in [0.05, 0.1) is 35.2 Å². The molecular formula is C14H20Cl2N2O3. The first-order valence-corrected chi connectivity index (χ1v) is 7.21. The SMILES string of the molecule is CC(C)(C)OCCOCC(=O)Nc1c(N)cc(Cl)cc1Cl. The van der Waals surface area contributed by atoms with E-state index in [1.807, 2.05) is 20.8 Å². The van der Waals surface area contributed by atoms with Gasteiger partial charge in [0.1, 0.15) is 6.61 Å². The minimum absolute atomic E-state index is 0.105. The zero-order chi connectivity index (χ0) is 16.0. The monoisotopic (exact) mass is 334 g/mol. The summed E-state index contributed by atoms with van der Waals surface area (Å²) < 4.78 is 10.7. The summed E-state index contributed by atoms with van der Waals surface area (Å²) in [5.41, 5.74) is 6.16. The van der Waals surface area contributed by atoms with E-state index in [0.29, 0.717) is 29.6 Å². The largest absolute Gasteiger partial charge is 0.397 e. The van der Waals surface area contributed by atoms with Gasteiger partial charge < -0.3 is 20.5 Å². The van der Waals surface area contributed by atoms with Crippen LogP contribution in [0.5, 0.6) is 0 Å². The van der Waals surface area contributed by atoms with Gasteiger partial charge in [0.2, 0.25) is 5.91 Å². The fourth-order valence-corrected chi connectivity index (χ4v) is 2.03. The Morgan fingerprint density at radius 3 is 2.52 bits per heavy atom. The molecule has 0 heterocycles. The van der Waals surface area contributed by atoms with E-state index in [-0.39, 0.29) is 23.1 Å². The van der Waals surface area contributed by atoms with Gasteiger partial charge in [-0.25, -0.2) is 0 Å². The highest BCUT2D eigenvalue weighted by molar-refractivity contribution is 6.37. The van der Waals surface area contributed by atoms with Crippen molar-refractivity contribution in [2.24, 2.45) is 0 Å². The number of hydrogen-bond donors (Lipinski definition) is 2. The van der Waals surface area contributed by atoms with Crippen molar-refractivity contribution in [2.45, 2.75) is 26.4 Å². The Kier molecular flexibility index (Phi) is 6.74. The highest BCUT2D eigenvalue weighted by atomic mass is 35.5. The van der Waals surface area contributed by atoms with Crippen molar-refractivity contribution in [2.75, 3.05) is 30.9 Å². The summed E-state index contributed by atoms with van der Waals surface area (Å²) >= 11 is 11.8. The molecule has 0 aliphatic rings. The second-order valence-electron chi connectivity index (χ2n) is 5.41. The molecule has 7 heteroatoms. The number of benzene rings is 1. The van der Waals surface area contributed by atoms with Crippen LogP contribution in [0.2, 0.25) is 10.0 Å². The molecule has 0 bridgehead atoms. The molecular weight excluding hydrogens is 315 g/mol. The number of rotatable bonds is 6. The summed E-state index contributed by atoms with van der Waals surface area (Å²) in [6.45, 7) is 6.49. The smallest absolute Gasteiger partial charge is 0.250 e. The Balaban J connectivity index is 2.38. The molecule has 0 fully saturated rings. The predicted molar refractivity (Wildman–Crippen MR) is 86.0 cm³/mol. The topological polar surface area (TPSA) is 73.6 Å². The summed E-state index contributed by atoms with van der Waals surface area (Å²) in [4.78, 5) is 11.7. The van der Waals surface area contributed by atoms with E-state index >= 15 is 0 Å². The highest BCUT2D eigenvalue weighted by Crippen LogP contribution is 2.31.